The summed E-state index contributed by atoms with van der Waals surface area (Å²) in [6.45, 7) is 2.37. The van der Waals surface area contributed by atoms with E-state index in [0.29, 0.717) is 6.54 Å². The molecule has 6 nitrogen and oxygen atoms in total. The van der Waals surface area contributed by atoms with Gasteiger partial charge in [0.15, 0.2) is 0 Å². The standard InChI is InChI=1S/C2H5N2O4P/c1-2-3-4-7-9(5,6-3)8-4/h2H2,1H3. The Hall–Kier alpha value is 0.0300. The summed E-state index contributed by atoms with van der Waals surface area (Å²) < 4.78 is 24.4. The number of fused-ring (bicyclic) bond motifs is 1. The Bertz CT molecular complexity index is 173. The van der Waals surface area contributed by atoms with Crippen LogP contribution >= 0.6 is 7.82 Å². The fraction of sp³-hybridized carbons (Fsp3) is 1.00. The molecule has 0 spiro atoms. The molecule has 52 valence electrons. The van der Waals surface area contributed by atoms with E-state index in [9.17, 15) is 4.57 Å². The van der Waals surface area contributed by atoms with Crippen molar-refractivity contribution in [2.24, 2.45) is 0 Å². The Morgan fingerprint density at radius 2 is 2.11 bits per heavy atom. The van der Waals surface area contributed by atoms with Crippen molar-refractivity contribution in [3.05, 3.63) is 0 Å². The van der Waals surface area contributed by atoms with E-state index in [1.54, 1.807) is 0 Å². The minimum atomic E-state index is -3.12. The van der Waals surface area contributed by atoms with Crippen LogP contribution in [0.2, 0.25) is 0 Å². The summed E-state index contributed by atoms with van der Waals surface area (Å²) in [7, 11) is -3.12. The number of hydroxylamine groups is 1. The third kappa shape index (κ3) is 0.660. The molecule has 0 aliphatic carbocycles. The van der Waals surface area contributed by atoms with Crippen LogP contribution < -0.4 is 0 Å². The van der Waals surface area contributed by atoms with E-state index in [2.05, 4.69) is 13.9 Å². The van der Waals surface area contributed by atoms with Crippen LogP contribution in [-0.4, -0.2) is 17.1 Å². The van der Waals surface area contributed by atoms with Crippen molar-refractivity contribution in [3.63, 3.8) is 0 Å². The van der Waals surface area contributed by atoms with Crippen LogP contribution in [0.1, 0.15) is 6.92 Å². The van der Waals surface area contributed by atoms with E-state index >= 15 is 0 Å². The Balaban J connectivity index is 2.14. The normalized spacial score (nSPS) is 49.2. The molecule has 0 atom stereocenters. The maximum absolute atomic E-state index is 10.7. The molecule has 3 fully saturated rings. The fourth-order valence-electron chi connectivity index (χ4n) is 0.607. The summed E-state index contributed by atoms with van der Waals surface area (Å²) in [5, 5.41) is 2.20. The zero-order valence-electron chi connectivity index (χ0n) is 4.68. The fourth-order valence-corrected chi connectivity index (χ4v) is 1.59. The van der Waals surface area contributed by atoms with Crippen molar-refractivity contribution < 1.29 is 18.4 Å². The van der Waals surface area contributed by atoms with Gasteiger partial charge in [0.05, 0.1) is 5.34 Å². The lowest BCUT2D eigenvalue weighted by molar-refractivity contribution is -0.424. The summed E-state index contributed by atoms with van der Waals surface area (Å²) in [6, 6.07) is 0. The second kappa shape index (κ2) is 1.54. The van der Waals surface area contributed by atoms with Crippen LogP contribution in [0.15, 0.2) is 0 Å². The Morgan fingerprint density at radius 1 is 1.44 bits per heavy atom. The molecule has 0 aromatic rings. The molecule has 3 aliphatic heterocycles. The summed E-state index contributed by atoms with van der Waals surface area (Å²) in [4.78, 5) is 0. The maximum Gasteiger partial charge on any atom is 0.532 e. The molecular formula is C2H5N2O4P. The van der Waals surface area contributed by atoms with Gasteiger partial charge in [-0.05, 0) is 6.92 Å². The summed E-state index contributed by atoms with van der Waals surface area (Å²) in [5.41, 5.74) is 0. The van der Waals surface area contributed by atoms with Gasteiger partial charge >= 0.3 is 7.82 Å². The van der Waals surface area contributed by atoms with Gasteiger partial charge in [-0.3, -0.25) is 0 Å². The SMILES string of the molecule is CCN1OP2(=O)ON1O2. The molecule has 3 aliphatic rings. The number of hydrogen-bond acceptors (Lipinski definition) is 6. The van der Waals surface area contributed by atoms with E-state index < -0.39 is 7.82 Å². The van der Waals surface area contributed by atoms with Gasteiger partial charge in [-0.1, -0.05) is 5.17 Å². The topological polar surface area (TPSA) is 51.2 Å². The highest BCUT2D eigenvalue weighted by Gasteiger charge is 2.58. The first-order chi connectivity index (χ1) is 4.23. The van der Waals surface area contributed by atoms with Crippen LogP contribution in [0, 0.1) is 0 Å². The average molecular weight is 152 g/mol. The van der Waals surface area contributed by atoms with Gasteiger partial charge in [-0.25, -0.2) is 4.57 Å². The van der Waals surface area contributed by atoms with Crippen LogP contribution in [-0.2, 0) is 18.4 Å². The molecule has 0 aromatic carbocycles. The predicted molar refractivity (Wildman–Crippen MR) is 25.1 cm³/mol. The number of phosphoric acid groups is 1. The number of rotatable bonds is 1. The second-order valence-electron chi connectivity index (χ2n) is 1.60. The number of hydrogen-bond donors (Lipinski definition) is 0. The van der Waals surface area contributed by atoms with Gasteiger partial charge in [0.1, 0.15) is 0 Å². The highest BCUT2D eigenvalue weighted by atomic mass is 31.2. The molecule has 0 amide bonds. The molecule has 0 radical (unpaired) electrons. The Kier molecular flexibility index (Phi) is 0.993. The van der Waals surface area contributed by atoms with Gasteiger partial charge in [0.2, 0.25) is 0 Å². The molecule has 3 rings (SSSR count). The van der Waals surface area contributed by atoms with Crippen LogP contribution in [0.5, 0.6) is 0 Å². The van der Waals surface area contributed by atoms with E-state index in [1.807, 2.05) is 6.92 Å². The third-order valence-corrected chi connectivity index (χ3v) is 2.05. The van der Waals surface area contributed by atoms with Crippen molar-refractivity contribution in [1.82, 2.24) is 10.5 Å². The molecule has 0 aromatic heterocycles. The molecule has 0 saturated carbocycles. The molecule has 2 bridgehead atoms. The average Bonchev–Trinajstić information content (AvgIpc) is 2.18. The molecule has 3 heterocycles. The monoisotopic (exact) mass is 152 g/mol. The van der Waals surface area contributed by atoms with Crippen molar-refractivity contribution in [2.75, 3.05) is 6.54 Å². The van der Waals surface area contributed by atoms with Crippen molar-refractivity contribution in [3.8, 4) is 0 Å². The minimum Gasteiger partial charge on any atom is -0.223 e. The molecule has 0 N–H and O–H groups in total. The molecule has 0 unspecified atom stereocenters. The van der Waals surface area contributed by atoms with Gasteiger partial charge in [-0.2, -0.15) is 4.62 Å². The summed E-state index contributed by atoms with van der Waals surface area (Å²) >= 11 is 0. The first-order valence-corrected chi connectivity index (χ1v) is 3.96. The van der Waals surface area contributed by atoms with Gasteiger partial charge in [0.25, 0.3) is 0 Å². The zero-order valence-corrected chi connectivity index (χ0v) is 5.58. The summed E-state index contributed by atoms with van der Waals surface area (Å²) in [5.74, 6) is 0. The summed E-state index contributed by atoms with van der Waals surface area (Å²) in [6.07, 6.45) is 0. The van der Waals surface area contributed by atoms with Crippen LogP contribution in [0.25, 0.3) is 0 Å². The van der Waals surface area contributed by atoms with E-state index in [1.165, 1.54) is 5.17 Å². The maximum atomic E-state index is 10.7. The van der Waals surface area contributed by atoms with E-state index in [0.717, 1.165) is 5.34 Å². The van der Waals surface area contributed by atoms with Gasteiger partial charge in [-0.15, -0.1) is 9.25 Å². The molecular weight excluding hydrogens is 147 g/mol. The highest BCUT2D eigenvalue weighted by molar-refractivity contribution is 7.49. The largest absolute Gasteiger partial charge is 0.532 e. The van der Waals surface area contributed by atoms with Crippen molar-refractivity contribution in [1.29, 1.82) is 0 Å². The lowest BCUT2D eigenvalue weighted by Crippen LogP contribution is -2.33. The first-order valence-electron chi connectivity index (χ1n) is 2.50. The molecule has 9 heavy (non-hydrogen) atoms. The lowest BCUT2D eigenvalue weighted by Gasteiger charge is -2.19. The smallest absolute Gasteiger partial charge is 0.223 e. The third-order valence-electron chi connectivity index (χ3n) is 0.987. The number of hydrazine groups is 1. The quantitative estimate of drug-likeness (QED) is 0.508. The lowest BCUT2D eigenvalue weighted by atomic mass is 10.8. The Labute approximate surface area is 51.3 Å². The van der Waals surface area contributed by atoms with Crippen LogP contribution in [0.3, 0.4) is 0 Å². The van der Waals surface area contributed by atoms with Gasteiger partial charge < -0.3 is 0 Å². The van der Waals surface area contributed by atoms with Crippen LogP contribution in [0.4, 0.5) is 0 Å². The second-order valence-corrected chi connectivity index (χ2v) is 2.98. The predicted octanol–water partition coefficient (Wildman–Crippen LogP) is 0.455. The molecule has 3 saturated heterocycles. The van der Waals surface area contributed by atoms with Gasteiger partial charge in [0, 0.05) is 6.54 Å². The minimum absolute atomic E-state index is 0.546. The van der Waals surface area contributed by atoms with E-state index in [-0.39, 0.29) is 0 Å². The highest BCUT2D eigenvalue weighted by Crippen LogP contribution is 2.66. The number of nitrogens with zero attached hydrogens (tertiary/aromatic N) is 2. The van der Waals surface area contributed by atoms with Crippen molar-refractivity contribution >= 4 is 7.82 Å². The Morgan fingerprint density at radius 3 is 2.33 bits per heavy atom. The van der Waals surface area contributed by atoms with E-state index in [4.69, 9.17) is 0 Å². The van der Waals surface area contributed by atoms with Crippen molar-refractivity contribution in [2.45, 2.75) is 6.92 Å². The first kappa shape index (κ1) is 5.79. The zero-order chi connectivity index (χ0) is 6.48. The molecule has 7 heteroatoms.